The van der Waals surface area contributed by atoms with E-state index in [2.05, 4.69) is 42.9 Å². The molecule has 18 heavy (non-hydrogen) atoms. The summed E-state index contributed by atoms with van der Waals surface area (Å²) in [6.07, 6.45) is 0. The lowest BCUT2D eigenvalue weighted by atomic mass is 10.1. The Hall–Kier alpha value is -1.20. The van der Waals surface area contributed by atoms with Crippen molar-refractivity contribution in [3.05, 3.63) is 23.4 Å². The van der Waals surface area contributed by atoms with Gasteiger partial charge < -0.3 is 4.52 Å². The van der Waals surface area contributed by atoms with Gasteiger partial charge in [-0.2, -0.15) is 4.98 Å². The van der Waals surface area contributed by atoms with Crippen LogP contribution in [0, 0.1) is 5.92 Å². The zero-order valence-corrected chi connectivity index (χ0v) is 12.1. The fourth-order valence-corrected chi connectivity index (χ4v) is 2.34. The van der Waals surface area contributed by atoms with Crippen molar-refractivity contribution in [2.24, 2.45) is 5.92 Å². The van der Waals surface area contributed by atoms with E-state index in [1.807, 2.05) is 17.5 Å². The Morgan fingerprint density at radius 3 is 2.78 bits per heavy atom. The lowest BCUT2D eigenvalue weighted by Gasteiger charge is -2.26. The Bertz CT molecular complexity index is 478. The monoisotopic (exact) mass is 265 g/mol. The third-order valence-electron chi connectivity index (χ3n) is 3.25. The van der Waals surface area contributed by atoms with Crippen LogP contribution in [0.4, 0.5) is 0 Å². The molecule has 0 aliphatic carbocycles. The van der Waals surface area contributed by atoms with Gasteiger partial charge in [0.1, 0.15) is 0 Å². The van der Waals surface area contributed by atoms with E-state index in [0.717, 1.165) is 4.88 Å². The summed E-state index contributed by atoms with van der Waals surface area (Å²) in [6.45, 7) is 7.33. The molecular weight excluding hydrogens is 246 g/mol. The van der Waals surface area contributed by atoms with Crippen molar-refractivity contribution in [1.82, 2.24) is 15.0 Å². The second-order valence-electron chi connectivity index (χ2n) is 4.89. The van der Waals surface area contributed by atoms with Gasteiger partial charge in [0.25, 0.3) is 0 Å². The van der Waals surface area contributed by atoms with Crippen LogP contribution in [0.25, 0.3) is 10.7 Å². The first-order chi connectivity index (χ1) is 8.58. The van der Waals surface area contributed by atoms with Crippen LogP contribution < -0.4 is 0 Å². The molecule has 0 fully saturated rings. The van der Waals surface area contributed by atoms with Gasteiger partial charge in [-0.3, -0.25) is 4.90 Å². The number of nitrogens with zero attached hydrogens (tertiary/aromatic N) is 3. The van der Waals surface area contributed by atoms with Crippen LogP contribution in [0.3, 0.4) is 0 Å². The van der Waals surface area contributed by atoms with Crippen molar-refractivity contribution in [1.29, 1.82) is 0 Å². The Morgan fingerprint density at radius 2 is 2.17 bits per heavy atom. The molecule has 2 rings (SSSR count). The fraction of sp³-hybridized carbons (Fsp3) is 0.538. The van der Waals surface area contributed by atoms with E-state index < -0.39 is 0 Å². The lowest BCUT2D eigenvalue weighted by molar-refractivity contribution is 0.177. The van der Waals surface area contributed by atoms with Crippen molar-refractivity contribution in [2.45, 2.75) is 33.4 Å². The maximum atomic E-state index is 5.29. The van der Waals surface area contributed by atoms with Gasteiger partial charge in [-0.05, 0) is 31.3 Å². The molecule has 0 saturated heterocycles. The quantitative estimate of drug-likeness (QED) is 0.832. The molecule has 5 heteroatoms. The van der Waals surface area contributed by atoms with Crippen LogP contribution in [0.1, 0.15) is 26.7 Å². The van der Waals surface area contributed by atoms with Gasteiger partial charge in [-0.25, -0.2) is 0 Å². The molecule has 4 nitrogen and oxygen atoms in total. The van der Waals surface area contributed by atoms with Crippen molar-refractivity contribution >= 4 is 11.3 Å². The van der Waals surface area contributed by atoms with Gasteiger partial charge >= 0.3 is 0 Å². The van der Waals surface area contributed by atoms with Crippen LogP contribution in [0.2, 0.25) is 0 Å². The average Bonchev–Trinajstić information content (AvgIpc) is 2.96. The average molecular weight is 265 g/mol. The Balaban J connectivity index is 2.03. The maximum Gasteiger partial charge on any atom is 0.241 e. The van der Waals surface area contributed by atoms with Crippen LogP contribution in [0.5, 0.6) is 0 Å². The van der Waals surface area contributed by atoms with Gasteiger partial charge in [-0.1, -0.05) is 25.1 Å². The highest BCUT2D eigenvalue weighted by atomic mass is 32.1. The summed E-state index contributed by atoms with van der Waals surface area (Å²) in [5, 5.41) is 6.03. The summed E-state index contributed by atoms with van der Waals surface area (Å²) in [4.78, 5) is 7.70. The van der Waals surface area contributed by atoms with Crippen LogP contribution in [-0.2, 0) is 6.54 Å². The standard InChI is InChI=1S/C13H19N3OS/c1-9(2)10(3)16(4)8-12-14-13(15-17-12)11-6-5-7-18-11/h5-7,9-10H,8H2,1-4H3/t10-/m0/s1. The summed E-state index contributed by atoms with van der Waals surface area (Å²) >= 11 is 1.62. The summed E-state index contributed by atoms with van der Waals surface area (Å²) in [5.41, 5.74) is 0. The van der Waals surface area contributed by atoms with E-state index in [4.69, 9.17) is 4.52 Å². The molecule has 0 unspecified atom stereocenters. The van der Waals surface area contributed by atoms with E-state index in [1.165, 1.54) is 0 Å². The minimum atomic E-state index is 0.488. The third-order valence-corrected chi connectivity index (χ3v) is 4.12. The largest absolute Gasteiger partial charge is 0.338 e. The molecule has 2 heterocycles. The maximum absolute atomic E-state index is 5.29. The molecule has 0 aliphatic heterocycles. The van der Waals surface area contributed by atoms with Crippen LogP contribution >= 0.6 is 11.3 Å². The first kappa shape index (κ1) is 13.2. The van der Waals surface area contributed by atoms with Crippen LogP contribution in [0.15, 0.2) is 22.0 Å². The number of hydrogen-bond acceptors (Lipinski definition) is 5. The van der Waals surface area contributed by atoms with E-state index >= 15 is 0 Å². The molecule has 0 amide bonds. The highest BCUT2D eigenvalue weighted by Gasteiger charge is 2.17. The van der Waals surface area contributed by atoms with E-state index in [1.54, 1.807) is 11.3 Å². The van der Waals surface area contributed by atoms with Gasteiger partial charge in [0.2, 0.25) is 11.7 Å². The second-order valence-corrected chi connectivity index (χ2v) is 5.84. The molecule has 0 bridgehead atoms. The Kier molecular flexibility index (Phi) is 4.14. The Morgan fingerprint density at radius 1 is 1.39 bits per heavy atom. The number of thiophene rings is 1. The molecule has 0 N–H and O–H groups in total. The second kappa shape index (κ2) is 5.63. The number of hydrogen-bond donors (Lipinski definition) is 0. The first-order valence-corrected chi connectivity index (χ1v) is 7.02. The van der Waals surface area contributed by atoms with E-state index in [0.29, 0.717) is 30.2 Å². The van der Waals surface area contributed by atoms with Gasteiger partial charge in [0, 0.05) is 6.04 Å². The van der Waals surface area contributed by atoms with Crippen molar-refractivity contribution in [3.8, 4) is 10.7 Å². The predicted octanol–water partition coefficient (Wildman–Crippen LogP) is 3.27. The Labute approximate surface area is 112 Å². The van der Waals surface area contributed by atoms with Gasteiger partial charge in [-0.15, -0.1) is 11.3 Å². The molecular formula is C13H19N3OS. The summed E-state index contributed by atoms with van der Waals surface area (Å²) < 4.78 is 5.29. The normalized spacial score (nSPS) is 13.4. The zero-order valence-electron chi connectivity index (χ0n) is 11.3. The zero-order chi connectivity index (χ0) is 13.1. The van der Waals surface area contributed by atoms with Crippen molar-refractivity contribution < 1.29 is 4.52 Å². The van der Waals surface area contributed by atoms with Crippen molar-refractivity contribution in [3.63, 3.8) is 0 Å². The number of aromatic nitrogens is 2. The highest BCUT2D eigenvalue weighted by molar-refractivity contribution is 7.13. The molecule has 2 aromatic heterocycles. The van der Waals surface area contributed by atoms with Gasteiger partial charge in [0.15, 0.2) is 0 Å². The predicted molar refractivity (Wildman–Crippen MR) is 73.4 cm³/mol. The lowest BCUT2D eigenvalue weighted by Crippen LogP contribution is -2.32. The SMILES string of the molecule is CC(C)[C@H](C)N(C)Cc1nc(-c2cccs2)no1. The third kappa shape index (κ3) is 2.97. The van der Waals surface area contributed by atoms with Gasteiger partial charge in [0.05, 0.1) is 11.4 Å². The minimum absolute atomic E-state index is 0.488. The van der Waals surface area contributed by atoms with Crippen molar-refractivity contribution in [2.75, 3.05) is 7.05 Å². The number of rotatable bonds is 5. The van der Waals surface area contributed by atoms with E-state index in [9.17, 15) is 0 Å². The first-order valence-electron chi connectivity index (χ1n) is 6.14. The summed E-state index contributed by atoms with van der Waals surface area (Å²) in [5.74, 6) is 1.97. The molecule has 0 aliphatic rings. The molecule has 0 aromatic carbocycles. The molecule has 98 valence electrons. The fourth-order valence-electron chi connectivity index (χ4n) is 1.69. The molecule has 0 saturated carbocycles. The molecule has 0 spiro atoms. The molecule has 0 radical (unpaired) electrons. The topological polar surface area (TPSA) is 42.2 Å². The summed E-state index contributed by atoms with van der Waals surface area (Å²) in [6, 6.07) is 4.48. The van der Waals surface area contributed by atoms with Crippen LogP contribution in [-0.4, -0.2) is 28.1 Å². The smallest absolute Gasteiger partial charge is 0.241 e. The minimum Gasteiger partial charge on any atom is -0.338 e. The molecule has 2 aromatic rings. The summed E-state index contributed by atoms with van der Waals surface area (Å²) in [7, 11) is 2.08. The van der Waals surface area contributed by atoms with E-state index in [-0.39, 0.29) is 0 Å². The highest BCUT2D eigenvalue weighted by Crippen LogP contribution is 2.21. The molecule has 1 atom stereocenters.